The summed E-state index contributed by atoms with van der Waals surface area (Å²) in [6.07, 6.45) is 6.29. The van der Waals surface area contributed by atoms with Crippen molar-refractivity contribution in [3.8, 4) is 0 Å². The van der Waals surface area contributed by atoms with Crippen LogP contribution in [0.3, 0.4) is 0 Å². The van der Waals surface area contributed by atoms with Crippen LogP contribution < -0.4 is 5.73 Å². The van der Waals surface area contributed by atoms with E-state index >= 15 is 0 Å². The van der Waals surface area contributed by atoms with Gasteiger partial charge < -0.3 is 5.73 Å². The minimum Gasteiger partial charge on any atom is -0.324 e. The number of nitrogens with two attached hydrogens (primary N) is 1. The molecular weight excluding hydrogens is 266 g/mol. The van der Waals surface area contributed by atoms with Crippen molar-refractivity contribution in [1.29, 1.82) is 0 Å². The maximum Gasteiger partial charge on any atom is 0.0457 e. The molecule has 4 bridgehead atoms. The number of hydrogen-bond acceptors (Lipinski definition) is 1. The van der Waals surface area contributed by atoms with Crippen molar-refractivity contribution in [2.24, 2.45) is 28.9 Å². The predicted molar refractivity (Wildman–Crippen MR) is 83.6 cm³/mol. The Balaban J connectivity index is 1.69. The first-order valence-electron chi connectivity index (χ1n) is 7.99. The number of rotatable bonds is 2. The Hall–Kier alpha value is -0.530. The van der Waals surface area contributed by atoms with Gasteiger partial charge >= 0.3 is 0 Å². The van der Waals surface area contributed by atoms with Crippen LogP contribution in [0, 0.1) is 23.2 Å². The van der Waals surface area contributed by atoms with Crippen LogP contribution in [0.5, 0.6) is 0 Å². The third-order valence-electron chi connectivity index (χ3n) is 6.28. The van der Waals surface area contributed by atoms with Crippen molar-refractivity contribution in [2.45, 2.75) is 49.9 Å². The summed E-state index contributed by atoms with van der Waals surface area (Å²) in [5, 5.41) is 0. The molecule has 4 aliphatic carbocycles. The van der Waals surface area contributed by atoms with Gasteiger partial charge in [0.1, 0.15) is 0 Å². The Morgan fingerprint density at radius 1 is 1.20 bits per heavy atom. The van der Waals surface area contributed by atoms with Crippen LogP contribution in [0.4, 0.5) is 0 Å². The average molecular weight is 290 g/mol. The summed E-state index contributed by atoms with van der Waals surface area (Å²) in [4.78, 5) is 0.0908. The topological polar surface area (TPSA) is 26.0 Å². The first kappa shape index (κ1) is 13.2. The Morgan fingerprint density at radius 3 is 2.60 bits per heavy atom. The highest BCUT2D eigenvalue weighted by molar-refractivity contribution is 6.24. The zero-order chi connectivity index (χ0) is 14.0. The fraction of sp³-hybridized carbons (Fsp3) is 0.667. The van der Waals surface area contributed by atoms with E-state index in [0.717, 1.165) is 11.8 Å². The summed E-state index contributed by atoms with van der Waals surface area (Å²) in [6.45, 7) is 2.45. The first-order valence-corrected chi connectivity index (χ1v) is 8.36. The summed E-state index contributed by atoms with van der Waals surface area (Å²) < 4.78 is 0. The molecule has 0 spiro atoms. The second-order valence-electron chi connectivity index (χ2n) is 7.92. The minimum atomic E-state index is 0.0908. The summed E-state index contributed by atoms with van der Waals surface area (Å²) in [5.74, 6) is 2.19. The molecule has 1 aromatic rings. The maximum absolute atomic E-state index is 6.90. The lowest BCUT2D eigenvalue weighted by Crippen LogP contribution is -2.59. The Morgan fingerprint density at radius 2 is 1.95 bits per heavy atom. The van der Waals surface area contributed by atoms with Crippen molar-refractivity contribution in [3.63, 3.8) is 0 Å². The fourth-order valence-corrected chi connectivity index (χ4v) is 6.85. The van der Waals surface area contributed by atoms with E-state index in [2.05, 4.69) is 37.3 Å². The normalized spacial score (nSPS) is 47.5. The van der Waals surface area contributed by atoms with Gasteiger partial charge in [0.2, 0.25) is 0 Å². The van der Waals surface area contributed by atoms with Crippen LogP contribution in [-0.4, -0.2) is 4.87 Å². The highest BCUT2D eigenvalue weighted by Gasteiger charge is 2.61. The lowest BCUT2D eigenvalue weighted by atomic mass is 9.44. The molecule has 0 aromatic heterocycles. The van der Waals surface area contributed by atoms with Gasteiger partial charge in [-0.2, -0.15) is 0 Å². The second-order valence-corrected chi connectivity index (χ2v) is 8.72. The van der Waals surface area contributed by atoms with Gasteiger partial charge in [-0.25, -0.2) is 0 Å². The molecule has 4 aliphatic rings. The molecule has 1 nitrogen and oxygen atoms in total. The van der Waals surface area contributed by atoms with E-state index in [1.54, 1.807) is 0 Å². The van der Waals surface area contributed by atoms with Gasteiger partial charge in [0.15, 0.2) is 0 Å². The molecule has 1 aromatic carbocycles. The number of halogens is 1. The van der Waals surface area contributed by atoms with E-state index in [9.17, 15) is 0 Å². The highest BCUT2D eigenvalue weighted by Crippen LogP contribution is 2.67. The Bertz CT molecular complexity index is 515. The van der Waals surface area contributed by atoms with Crippen molar-refractivity contribution >= 4 is 11.6 Å². The molecule has 2 N–H and O–H groups in total. The van der Waals surface area contributed by atoms with Crippen LogP contribution >= 0.6 is 11.6 Å². The fourth-order valence-electron chi connectivity index (χ4n) is 6.13. The number of benzene rings is 1. The van der Waals surface area contributed by atoms with Crippen LogP contribution in [0.25, 0.3) is 0 Å². The van der Waals surface area contributed by atoms with E-state index in [0.29, 0.717) is 11.3 Å². The molecule has 0 aliphatic heterocycles. The molecular formula is C18H24ClN. The minimum absolute atomic E-state index is 0.0908. The van der Waals surface area contributed by atoms with Crippen molar-refractivity contribution in [1.82, 2.24) is 0 Å². The Kier molecular flexibility index (Phi) is 2.79. The zero-order valence-electron chi connectivity index (χ0n) is 12.2. The molecule has 20 heavy (non-hydrogen) atoms. The van der Waals surface area contributed by atoms with Gasteiger partial charge in [-0.3, -0.25) is 0 Å². The van der Waals surface area contributed by atoms with Gasteiger partial charge in [-0.05, 0) is 60.8 Å². The highest BCUT2D eigenvalue weighted by atomic mass is 35.5. The third kappa shape index (κ3) is 1.86. The standard InChI is InChI=1S/C18H24ClN/c1-17-8-12-7-14(10-18(19,9-12)11-17)15(17)16(20)13-5-3-2-4-6-13/h2-6,12,14-16H,7-11,20H2,1H3/t12-,14?,15?,16?,17?,18?/m1/s1. The van der Waals surface area contributed by atoms with E-state index in [-0.39, 0.29) is 10.9 Å². The van der Waals surface area contributed by atoms with Crippen LogP contribution in [-0.2, 0) is 0 Å². The lowest BCUT2D eigenvalue weighted by Gasteiger charge is -2.64. The van der Waals surface area contributed by atoms with Gasteiger partial charge in [0, 0.05) is 10.9 Å². The molecule has 5 rings (SSSR count). The largest absolute Gasteiger partial charge is 0.324 e. The quantitative estimate of drug-likeness (QED) is 0.797. The average Bonchev–Trinajstić information content (AvgIpc) is 2.36. The monoisotopic (exact) mass is 289 g/mol. The summed E-state index contributed by atoms with van der Waals surface area (Å²) >= 11 is 6.90. The molecule has 5 unspecified atom stereocenters. The first-order chi connectivity index (χ1) is 9.49. The van der Waals surface area contributed by atoms with E-state index < -0.39 is 0 Å². The molecule has 2 heteroatoms. The summed E-state index contributed by atoms with van der Waals surface area (Å²) in [5.41, 5.74) is 8.35. The maximum atomic E-state index is 6.90. The lowest BCUT2D eigenvalue weighted by molar-refractivity contribution is -0.0979. The van der Waals surface area contributed by atoms with Crippen LogP contribution in [0.2, 0.25) is 0 Å². The number of alkyl halides is 1. The molecule has 6 atom stereocenters. The molecule has 0 amide bonds. The van der Waals surface area contributed by atoms with Crippen molar-refractivity contribution < 1.29 is 0 Å². The summed E-state index contributed by atoms with van der Waals surface area (Å²) in [7, 11) is 0. The smallest absolute Gasteiger partial charge is 0.0457 e. The summed E-state index contributed by atoms with van der Waals surface area (Å²) in [6, 6.07) is 10.8. The zero-order valence-corrected chi connectivity index (χ0v) is 12.9. The number of hydrogen-bond donors (Lipinski definition) is 1. The molecule has 4 saturated carbocycles. The van der Waals surface area contributed by atoms with E-state index in [1.807, 2.05) is 0 Å². The van der Waals surface area contributed by atoms with Crippen LogP contribution in [0.1, 0.15) is 50.6 Å². The van der Waals surface area contributed by atoms with Gasteiger partial charge in [-0.15, -0.1) is 11.6 Å². The molecule has 0 saturated heterocycles. The van der Waals surface area contributed by atoms with Crippen molar-refractivity contribution in [3.05, 3.63) is 35.9 Å². The third-order valence-corrected chi connectivity index (χ3v) is 6.72. The van der Waals surface area contributed by atoms with E-state index in [1.165, 1.54) is 37.7 Å². The van der Waals surface area contributed by atoms with E-state index in [4.69, 9.17) is 17.3 Å². The van der Waals surface area contributed by atoms with Crippen molar-refractivity contribution in [2.75, 3.05) is 0 Å². The van der Waals surface area contributed by atoms with Gasteiger partial charge in [0.25, 0.3) is 0 Å². The van der Waals surface area contributed by atoms with Crippen LogP contribution in [0.15, 0.2) is 30.3 Å². The molecule has 4 fully saturated rings. The SMILES string of the molecule is CC12C[C@H]3CC(CC(Cl)(C3)C1)C2C(N)c1ccccc1. The predicted octanol–water partition coefficient (Wildman–Crippen LogP) is 4.51. The van der Waals surface area contributed by atoms with Gasteiger partial charge in [-0.1, -0.05) is 37.3 Å². The van der Waals surface area contributed by atoms with Gasteiger partial charge in [0.05, 0.1) is 0 Å². The molecule has 0 heterocycles. The molecule has 108 valence electrons. The second kappa shape index (κ2) is 4.24. The Labute approximate surface area is 126 Å². The molecule has 0 radical (unpaired) electrons.